The molecule has 1 amide bonds. The number of benzene rings is 2. The van der Waals surface area contributed by atoms with Crippen molar-refractivity contribution in [3.05, 3.63) is 87.1 Å². The van der Waals surface area contributed by atoms with E-state index in [2.05, 4.69) is 5.10 Å². The first-order chi connectivity index (χ1) is 13.9. The number of nitro benzene ring substituents is 1. The van der Waals surface area contributed by atoms with E-state index in [9.17, 15) is 14.9 Å². The minimum absolute atomic E-state index is 0.00661. The highest BCUT2D eigenvalue weighted by Crippen LogP contribution is 2.29. The molecule has 2 heterocycles. The summed E-state index contributed by atoms with van der Waals surface area (Å²) in [5.74, 6) is 0.737. The molecule has 0 aliphatic carbocycles. The van der Waals surface area contributed by atoms with E-state index in [1.807, 2.05) is 0 Å². The minimum atomic E-state index is -0.457. The summed E-state index contributed by atoms with van der Waals surface area (Å²) in [4.78, 5) is 23.1. The van der Waals surface area contributed by atoms with Gasteiger partial charge in [-0.25, -0.2) is 0 Å². The van der Waals surface area contributed by atoms with Crippen molar-refractivity contribution in [2.45, 2.75) is 6.92 Å². The maximum Gasteiger partial charge on any atom is 0.280 e. The zero-order valence-electron chi connectivity index (χ0n) is 15.2. The molecule has 144 valence electrons. The van der Waals surface area contributed by atoms with Gasteiger partial charge in [0.15, 0.2) is 0 Å². The summed E-state index contributed by atoms with van der Waals surface area (Å²) in [5, 5.41) is 16.9. The van der Waals surface area contributed by atoms with Gasteiger partial charge in [0.05, 0.1) is 21.9 Å². The molecule has 0 bridgehead atoms. The Bertz CT molecular complexity index is 1180. The third-order valence-corrected chi connectivity index (χ3v) is 4.63. The number of carbonyl (C=O) groups excluding carboxylic acids is 1. The van der Waals surface area contributed by atoms with Gasteiger partial charge < -0.3 is 4.42 Å². The zero-order valence-corrected chi connectivity index (χ0v) is 16.0. The van der Waals surface area contributed by atoms with E-state index in [0.717, 1.165) is 0 Å². The number of hydrogen-bond acceptors (Lipinski definition) is 5. The summed E-state index contributed by atoms with van der Waals surface area (Å²) in [6.45, 7) is 1.74. The fourth-order valence-electron chi connectivity index (χ4n) is 2.94. The first kappa shape index (κ1) is 18.6. The van der Waals surface area contributed by atoms with Crippen LogP contribution in [0.25, 0.3) is 17.4 Å². The van der Waals surface area contributed by atoms with Crippen LogP contribution in [0.1, 0.15) is 12.7 Å². The SMILES string of the molecule is CC1=NN(c2cccc(Cl)c2)C(=O)C1=Cc1ccc(-c2ccc([N+](=O)[O-])cc2)o1. The van der Waals surface area contributed by atoms with Gasteiger partial charge in [-0.15, -0.1) is 0 Å². The Hall–Kier alpha value is -3.71. The molecule has 0 saturated heterocycles. The van der Waals surface area contributed by atoms with Crippen LogP contribution in [-0.4, -0.2) is 16.5 Å². The van der Waals surface area contributed by atoms with Crippen LogP contribution in [0.3, 0.4) is 0 Å². The first-order valence-corrected chi connectivity index (χ1v) is 9.02. The molecule has 1 aromatic heterocycles. The smallest absolute Gasteiger partial charge is 0.280 e. The van der Waals surface area contributed by atoms with Crippen LogP contribution in [0, 0.1) is 10.1 Å². The van der Waals surface area contributed by atoms with E-state index in [0.29, 0.717) is 39.1 Å². The third kappa shape index (κ3) is 3.68. The normalized spacial score (nSPS) is 15.1. The summed E-state index contributed by atoms with van der Waals surface area (Å²) in [6, 6.07) is 16.4. The maximum atomic E-state index is 12.8. The van der Waals surface area contributed by atoms with E-state index in [-0.39, 0.29) is 11.6 Å². The van der Waals surface area contributed by atoms with Crippen LogP contribution in [0.15, 0.2) is 75.8 Å². The number of non-ortho nitro benzene ring substituents is 1. The van der Waals surface area contributed by atoms with E-state index in [1.54, 1.807) is 61.5 Å². The Kier molecular flexibility index (Phi) is 4.74. The standard InChI is InChI=1S/C21H14ClN3O4/c1-13-19(21(26)24(23-13)17-4-2-3-15(22)11-17)12-18-9-10-20(29-18)14-5-7-16(8-6-14)25(27)28/h2-12H,1H3. The van der Waals surface area contributed by atoms with Gasteiger partial charge in [0.2, 0.25) is 0 Å². The van der Waals surface area contributed by atoms with E-state index in [1.165, 1.54) is 17.1 Å². The zero-order chi connectivity index (χ0) is 20.5. The fraction of sp³-hybridized carbons (Fsp3) is 0.0476. The van der Waals surface area contributed by atoms with Crippen LogP contribution in [0.5, 0.6) is 0 Å². The number of furan rings is 1. The Morgan fingerprint density at radius 2 is 1.90 bits per heavy atom. The molecule has 8 heteroatoms. The van der Waals surface area contributed by atoms with Crippen LogP contribution in [0.2, 0.25) is 5.02 Å². The highest BCUT2D eigenvalue weighted by atomic mass is 35.5. The van der Waals surface area contributed by atoms with Crippen molar-refractivity contribution in [3.8, 4) is 11.3 Å². The molecule has 0 saturated carbocycles. The predicted molar refractivity (Wildman–Crippen MR) is 111 cm³/mol. The Morgan fingerprint density at radius 3 is 2.59 bits per heavy atom. The van der Waals surface area contributed by atoms with Crippen molar-refractivity contribution in [1.82, 2.24) is 0 Å². The molecule has 29 heavy (non-hydrogen) atoms. The second kappa shape index (κ2) is 7.37. The minimum Gasteiger partial charge on any atom is -0.457 e. The topological polar surface area (TPSA) is 89.0 Å². The van der Waals surface area contributed by atoms with Gasteiger partial charge >= 0.3 is 0 Å². The maximum absolute atomic E-state index is 12.8. The molecule has 4 rings (SSSR count). The molecule has 1 aliphatic heterocycles. The van der Waals surface area contributed by atoms with Crippen LogP contribution < -0.4 is 5.01 Å². The highest BCUT2D eigenvalue weighted by molar-refractivity contribution is 6.33. The number of amides is 1. The number of nitro groups is 1. The summed E-state index contributed by atoms with van der Waals surface area (Å²) in [7, 11) is 0. The number of hydrogen-bond donors (Lipinski definition) is 0. The summed E-state index contributed by atoms with van der Waals surface area (Å²) in [6.07, 6.45) is 1.63. The predicted octanol–water partition coefficient (Wildman–Crippen LogP) is 5.31. The molecule has 0 radical (unpaired) electrons. The Labute approximate surface area is 170 Å². The lowest BCUT2D eigenvalue weighted by molar-refractivity contribution is -0.384. The molecular formula is C21H14ClN3O4. The lowest BCUT2D eigenvalue weighted by Crippen LogP contribution is -2.21. The highest BCUT2D eigenvalue weighted by Gasteiger charge is 2.29. The van der Waals surface area contributed by atoms with Crippen molar-refractivity contribution >= 4 is 40.7 Å². The van der Waals surface area contributed by atoms with Gasteiger partial charge in [0.1, 0.15) is 11.5 Å². The van der Waals surface area contributed by atoms with E-state index < -0.39 is 4.92 Å². The Morgan fingerprint density at radius 1 is 1.14 bits per heavy atom. The second-order valence-corrected chi connectivity index (χ2v) is 6.78. The molecule has 3 aromatic rings. The van der Waals surface area contributed by atoms with Crippen molar-refractivity contribution in [2.24, 2.45) is 5.10 Å². The molecular weight excluding hydrogens is 394 g/mol. The summed E-state index contributed by atoms with van der Waals surface area (Å²) >= 11 is 6.01. The van der Waals surface area contributed by atoms with Crippen molar-refractivity contribution < 1.29 is 14.1 Å². The molecule has 7 nitrogen and oxygen atoms in total. The molecule has 0 unspecified atom stereocenters. The van der Waals surface area contributed by atoms with Gasteiger partial charge in [-0.05, 0) is 55.5 Å². The van der Waals surface area contributed by atoms with Crippen LogP contribution in [-0.2, 0) is 4.79 Å². The lowest BCUT2D eigenvalue weighted by atomic mass is 10.1. The average Bonchev–Trinajstić information content (AvgIpc) is 3.28. The molecule has 0 atom stereocenters. The molecule has 2 aromatic carbocycles. The lowest BCUT2D eigenvalue weighted by Gasteiger charge is -2.11. The number of anilines is 1. The summed E-state index contributed by atoms with van der Waals surface area (Å²) in [5.41, 5.74) is 2.25. The molecule has 0 spiro atoms. The number of nitrogens with zero attached hydrogens (tertiary/aromatic N) is 3. The second-order valence-electron chi connectivity index (χ2n) is 6.35. The molecule has 0 N–H and O–H groups in total. The third-order valence-electron chi connectivity index (χ3n) is 4.39. The number of rotatable bonds is 4. The van der Waals surface area contributed by atoms with Crippen LogP contribution >= 0.6 is 11.6 Å². The van der Waals surface area contributed by atoms with Crippen molar-refractivity contribution in [3.63, 3.8) is 0 Å². The van der Waals surface area contributed by atoms with Gasteiger partial charge in [-0.3, -0.25) is 14.9 Å². The van der Waals surface area contributed by atoms with Gasteiger partial charge in [-0.2, -0.15) is 10.1 Å². The number of halogens is 1. The first-order valence-electron chi connectivity index (χ1n) is 8.64. The van der Waals surface area contributed by atoms with E-state index >= 15 is 0 Å². The number of carbonyl (C=O) groups is 1. The van der Waals surface area contributed by atoms with Crippen LogP contribution in [0.4, 0.5) is 11.4 Å². The molecule has 0 fully saturated rings. The monoisotopic (exact) mass is 407 g/mol. The molecule has 1 aliphatic rings. The average molecular weight is 408 g/mol. The largest absolute Gasteiger partial charge is 0.457 e. The van der Waals surface area contributed by atoms with E-state index in [4.69, 9.17) is 16.0 Å². The quantitative estimate of drug-likeness (QED) is 0.333. The number of hydrazone groups is 1. The van der Waals surface area contributed by atoms with Crippen molar-refractivity contribution in [1.29, 1.82) is 0 Å². The van der Waals surface area contributed by atoms with Gasteiger partial charge in [0, 0.05) is 22.7 Å². The Balaban J connectivity index is 1.59. The van der Waals surface area contributed by atoms with Gasteiger partial charge in [0.25, 0.3) is 11.6 Å². The van der Waals surface area contributed by atoms with Gasteiger partial charge in [-0.1, -0.05) is 17.7 Å². The summed E-state index contributed by atoms with van der Waals surface area (Å²) < 4.78 is 5.80. The fourth-order valence-corrected chi connectivity index (χ4v) is 3.13. The van der Waals surface area contributed by atoms with Crippen molar-refractivity contribution in [2.75, 3.05) is 5.01 Å².